The SMILES string of the molecule is Cc1cc(Br)cc(N)c1OCc1ccc(C(C)C)cc1. The van der Waals surface area contributed by atoms with Crippen LogP contribution in [0.4, 0.5) is 5.69 Å². The number of benzene rings is 2. The minimum absolute atomic E-state index is 0.533. The third kappa shape index (κ3) is 3.54. The van der Waals surface area contributed by atoms with Gasteiger partial charge in [0.25, 0.3) is 0 Å². The zero-order chi connectivity index (χ0) is 14.7. The largest absolute Gasteiger partial charge is 0.486 e. The Labute approximate surface area is 129 Å². The van der Waals surface area contributed by atoms with Gasteiger partial charge in [-0.05, 0) is 41.7 Å². The molecule has 20 heavy (non-hydrogen) atoms. The summed E-state index contributed by atoms with van der Waals surface area (Å²) < 4.78 is 6.84. The molecule has 0 aliphatic heterocycles. The molecule has 0 saturated carbocycles. The Hall–Kier alpha value is -1.48. The van der Waals surface area contributed by atoms with Gasteiger partial charge in [0.2, 0.25) is 0 Å². The van der Waals surface area contributed by atoms with Crippen LogP contribution in [0.25, 0.3) is 0 Å². The second-order valence-corrected chi connectivity index (χ2v) is 6.24. The van der Waals surface area contributed by atoms with E-state index in [1.807, 2.05) is 19.1 Å². The van der Waals surface area contributed by atoms with E-state index in [-0.39, 0.29) is 0 Å². The van der Waals surface area contributed by atoms with E-state index in [1.165, 1.54) is 5.56 Å². The van der Waals surface area contributed by atoms with Crippen molar-refractivity contribution in [3.8, 4) is 5.75 Å². The van der Waals surface area contributed by atoms with Gasteiger partial charge in [0.05, 0.1) is 5.69 Å². The monoisotopic (exact) mass is 333 g/mol. The van der Waals surface area contributed by atoms with Crippen molar-refractivity contribution in [2.24, 2.45) is 0 Å². The first kappa shape index (κ1) is 14.9. The molecule has 0 aromatic heterocycles. The topological polar surface area (TPSA) is 35.2 Å². The maximum atomic E-state index is 6.00. The van der Waals surface area contributed by atoms with Crippen molar-refractivity contribution in [3.05, 3.63) is 57.6 Å². The summed E-state index contributed by atoms with van der Waals surface area (Å²) in [6.07, 6.45) is 0. The molecule has 0 fully saturated rings. The van der Waals surface area contributed by atoms with Gasteiger partial charge in [-0.25, -0.2) is 0 Å². The highest BCUT2D eigenvalue weighted by molar-refractivity contribution is 9.10. The molecule has 0 bridgehead atoms. The molecular weight excluding hydrogens is 314 g/mol. The van der Waals surface area contributed by atoms with Gasteiger partial charge in [0.1, 0.15) is 12.4 Å². The van der Waals surface area contributed by atoms with Crippen molar-refractivity contribution in [1.82, 2.24) is 0 Å². The van der Waals surface area contributed by atoms with Crippen LogP contribution in [-0.4, -0.2) is 0 Å². The standard InChI is InChI=1S/C17H20BrNO/c1-11(2)14-6-4-13(5-7-14)10-20-17-12(3)8-15(18)9-16(17)19/h4-9,11H,10,19H2,1-3H3. The molecule has 0 spiro atoms. The highest BCUT2D eigenvalue weighted by Gasteiger charge is 2.07. The molecule has 0 unspecified atom stereocenters. The van der Waals surface area contributed by atoms with E-state index in [0.29, 0.717) is 18.2 Å². The molecule has 106 valence electrons. The Balaban J connectivity index is 2.09. The number of hydrogen-bond donors (Lipinski definition) is 1. The fourth-order valence-electron chi connectivity index (χ4n) is 2.11. The number of nitrogen functional groups attached to an aromatic ring is 1. The van der Waals surface area contributed by atoms with Gasteiger partial charge in [-0.3, -0.25) is 0 Å². The second-order valence-electron chi connectivity index (χ2n) is 5.33. The molecule has 0 saturated heterocycles. The smallest absolute Gasteiger partial charge is 0.145 e. The third-order valence-electron chi connectivity index (χ3n) is 3.30. The third-order valence-corrected chi connectivity index (χ3v) is 3.76. The molecular formula is C17H20BrNO. The number of anilines is 1. The minimum atomic E-state index is 0.533. The van der Waals surface area contributed by atoms with Gasteiger partial charge in [0, 0.05) is 4.47 Å². The summed E-state index contributed by atoms with van der Waals surface area (Å²) in [5.41, 5.74) is 10.2. The summed E-state index contributed by atoms with van der Waals surface area (Å²) in [6, 6.07) is 12.4. The molecule has 0 radical (unpaired) electrons. The quantitative estimate of drug-likeness (QED) is 0.795. The lowest BCUT2D eigenvalue weighted by molar-refractivity contribution is 0.306. The van der Waals surface area contributed by atoms with Crippen LogP contribution >= 0.6 is 15.9 Å². The lowest BCUT2D eigenvalue weighted by Gasteiger charge is -2.13. The molecule has 0 amide bonds. The van der Waals surface area contributed by atoms with Gasteiger partial charge in [0.15, 0.2) is 0 Å². The van der Waals surface area contributed by atoms with E-state index in [1.54, 1.807) is 0 Å². The molecule has 2 rings (SSSR count). The Bertz CT molecular complexity index is 567. The maximum absolute atomic E-state index is 6.00. The van der Waals surface area contributed by atoms with Crippen LogP contribution in [0.3, 0.4) is 0 Å². The Kier molecular flexibility index (Phi) is 4.71. The number of hydrogen-bond acceptors (Lipinski definition) is 2. The van der Waals surface area contributed by atoms with Crippen molar-refractivity contribution in [1.29, 1.82) is 0 Å². The molecule has 2 nitrogen and oxygen atoms in total. The number of ether oxygens (including phenoxy) is 1. The van der Waals surface area contributed by atoms with Crippen molar-refractivity contribution in [2.75, 3.05) is 5.73 Å². The summed E-state index contributed by atoms with van der Waals surface area (Å²) in [4.78, 5) is 0. The molecule has 3 heteroatoms. The summed E-state index contributed by atoms with van der Waals surface area (Å²) in [5, 5.41) is 0. The highest BCUT2D eigenvalue weighted by atomic mass is 79.9. The zero-order valence-corrected chi connectivity index (χ0v) is 13.7. The van der Waals surface area contributed by atoms with Crippen molar-refractivity contribution < 1.29 is 4.74 Å². The average Bonchev–Trinajstić information content (AvgIpc) is 2.38. The minimum Gasteiger partial charge on any atom is -0.486 e. The molecule has 2 aromatic rings. The molecule has 2 aromatic carbocycles. The van der Waals surface area contributed by atoms with Crippen molar-refractivity contribution in [3.63, 3.8) is 0 Å². The second kappa shape index (κ2) is 6.31. The number of halogens is 1. The van der Waals surface area contributed by atoms with E-state index in [4.69, 9.17) is 10.5 Å². The molecule has 0 atom stereocenters. The Morgan fingerprint density at radius 1 is 1.15 bits per heavy atom. The Morgan fingerprint density at radius 2 is 1.80 bits per heavy atom. The van der Waals surface area contributed by atoms with Crippen LogP contribution in [0, 0.1) is 6.92 Å². The van der Waals surface area contributed by atoms with E-state index in [9.17, 15) is 0 Å². The molecule has 0 aliphatic carbocycles. The highest BCUT2D eigenvalue weighted by Crippen LogP contribution is 2.30. The number of aryl methyl sites for hydroxylation is 1. The molecule has 0 aliphatic rings. The number of rotatable bonds is 4. The van der Waals surface area contributed by atoms with Crippen LogP contribution in [0.2, 0.25) is 0 Å². The van der Waals surface area contributed by atoms with E-state index < -0.39 is 0 Å². The maximum Gasteiger partial charge on any atom is 0.145 e. The van der Waals surface area contributed by atoms with Crippen molar-refractivity contribution >= 4 is 21.6 Å². The summed E-state index contributed by atoms with van der Waals surface area (Å²) in [5.74, 6) is 1.32. The van der Waals surface area contributed by atoms with Crippen LogP contribution < -0.4 is 10.5 Å². The van der Waals surface area contributed by atoms with Crippen LogP contribution in [0.15, 0.2) is 40.9 Å². The predicted octanol–water partition coefficient (Wildman–Crippen LogP) is 5.04. The molecule has 2 N–H and O–H groups in total. The van der Waals surface area contributed by atoms with Crippen LogP contribution in [0.1, 0.15) is 36.5 Å². The van der Waals surface area contributed by atoms with E-state index in [2.05, 4.69) is 54.0 Å². The first-order chi connectivity index (χ1) is 9.47. The summed E-state index contributed by atoms with van der Waals surface area (Å²) >= 11 is 3.43. The van der Waals surface area contributed by atoms with E-state index in [0.717, 1.165) is 21.3 Å². The van der Waals surface area contributed by atoms with Crippen LogP contribution in [-0.2, 0) is 6.61 Å². The van der Waals surface area contributed by atoms with Gasteiger partial charge in [-0.2, -0.15) is 0 Å². The normalized spacial score (nSPS) is 10.8. The van der Waals surface area contributed by atoms with Crippen LogP contribution in [0.5, 0.6) is 5.75 Å². The van der Waals surface area contributed by atoms with Crippen molar-refractivity contribution in [2.45, 2.75) is 33.3 Å². The van der Waals surface area contributed by atoms with Gasteiger partial charge in [-0.15, -0.1) is 0 Å². The van der Waals surface area contributed by atoms with Gasteiger partial charge in [-0.1, -0.05) is 54.0 Å². The van der Waals surface area contributed by atoms with Gasteiger partial charge < -0.3 is 10.5 Å². The Morgan fingerprint density at radius 3 is 2.35 bits per heavy atom. The summed E-state index contributed by atoms with van der Waals surface area (Å²) in [7, 11) is 0. The average molecular weight is 334 g/mol. The summed E-state index contributed by atoms with van der Waals surface area (Å²) in [6.45, 7) is 6.91. The number of nitrogens with two attached hydrogens (primary N) is 1. The van der Waals surface area contributed by atoms with E-state index >= 15 is 0 Å². The zero-order valence-electron chi connectivity index (χ0n) is 12.1. The first-order valence-corrected chi connectivity index (χ1v) is 7.54. The lowest BCUT2D eigenvalue weighted by atomic mass is 10.0. The lowest BCUT2D eigenvalue weighted by Crippen LogP contribution is -2.01. The molecule has 0 heterocycles. The van der Waals surface area contributed by atoms with Gasteiger partial charge >= 0.3 is 0 Å². The first-order valence-electron chi connectivity index (χ1n) is 6.74. The predicted molar refractivity (Wildman–Crippen MR) is 88.2 cm³/mol. The fraction of sp³-hybridized carbons (Fsp3) is 0.294. The fourth-order valence-corrected chi connectivity index (χ4v) is 2.70.